The van der Waals surface area contributed by atoms with Gasteiger partial charge in [0.05, 0.1) is 34.1 Å². The molecule has 186 valence electrons. The summed E-state index contributed by atoms with van der Waals surface area (Å²) < 4.78 is 15.4. The lowest BCUT2D eigenvalue weighted by Crippen LogP contribution is -2.21. The predicted molar refractivity (Wildman–Crippen MR) is 159 cm³/mol. The van der Waals surface area contributed by atoms with Gasteiger partial charge in [0.25, 0.3) is 0 Å². The number of thioether (sulfide) groups is 1. The van der Waals surface area contributed by atoms with Crippen molar-refractivity contribution in [3.05, 3.63) is 120 Å². The second-order valence-electron chi connectivity index (χ2n) is 8.39. The molecule has 5 heteroatoms. The highest BCUT2D eigenvalue weighted by Gasteiger charge is 2.28. The van der Waals surface area contributed by atoms with Crippen LogP contribution in [0.3, 0.4) is 0 Å². The second-order valence-corrected chi connectivity index (χ2v) is 10.7. The van der Waals surface area contributed by atoms with E-state index in [2.05, 4.69) is 65.3 Å². The van der Waals surface area contributed by atoms with Crippen molar-refractivity contribution in [2.24, 2.45) is 0 Å². The molecule has 0 amide bonds. The Morgan fingerprint density at radius 3 is 1.65 bits per heavy atom. The largest absolute Gasteiger partial charge is 0.308 e. The lowest BCUT2D eigenvalue weighted by Gasteiger charge is -2.36. The van der Waals surface area contributed by atoms with Gasteiger partial charge in [0.1, 0.15) is 5.82 Å². The maximum Gasteiger partial charge on any atom is 0.127 e. The van der Waals surface area contributed by atoms with Crippen molar-refractivity contribution in [2.45, 2.75) is 42.4 Å². The standard InChI is InChI=1S/C30H23FN2S2.C2H6/c1-3-10-24-20(2)34-28-14-7-4-11-25(28)32(24)22-17-21(31)18-23(19-22)33-26-12-5-8-15-29(26)35-30-16-9-6-13-27(30)33;1-2/h3-19H,1-2H3;1-2H3/b10-3-;. The van der Waals surface area contributed by atoms with E-state index >= 15 is 4.39 Å². The van der Waals surface area contributed by atoms with Crippen molar-refractivity contribution in [1.82, 2.24) is 0 Å². The molecule has 4 aromatic rings. The van der Waals surface area contributed by atoms with Gasteiger partial charge in [-0.2, -0.15) is 0 Å². The van der Waals surface area contributed by atoms with Crippen LogP contribution in [0, 0.1) is 5.82 Å². The normalized spacial score (nSPS) is 14.1. The van der Waals surface area contributed by atoms with E-state index in [1.165, 1.54) is 4.91 Å². The Hall–Kier alpha value is -3.41. The molecule has 0 atom stereocenters. The van der Waals surface area contributed by atoms with Gasteiger partial charge in [0.15, 0.2) is 0 Å². The summed E-state index contributed by atoms with van der Waals surface area (Å²) in [7, 11) is 0. The molecule has 0 bridgehead atoms. The highest BCUT2D eigenvalue weighted by molar-refractivity contribution is 8.03. The van der Waals surface area contributed by atoms with Gasteiger partial charge in [0, 0.05) is 19.6 Å². The van der Waals surface area contributed by atoms with E-state index in [1.54, 1.807) is 35.7 Å². The Labute approximate surface area is 227 Å². The molecule has 37 heavy (non-hydrogen) atoms. The fraction of sp³-hybridized carbons (Fsp3) is 0.125. The minimum atomic E-state index is -0.265. The van der Waals surface area contributed by atoms with Gasteiger partial charge in [0.2, 0.25) is 0 Å². The molecular weight excluding hydrogens is 495 g/mol. The fourth-order valence-electron chi connectivity index (χ4n) is 4.66. The van der Waals surface area contributed by atoms with Gasteiger partial charge in [-0.05, 0) is 74.5 Å². The molecule has 6 rings (SSSR count). The number of benzene rings is 4. The summed E-state index contributed by atoms with van der Waals surface area (Å²) in [6.45, 7) is 8.14. The van der Waals surface area contributed by atoms with Gasteiger partial charge in [-0.25, -0.2) is 4.39 Å². The molecule has 0 spiro atoms. The molecule has 2 aliphatic heterocycles. The van der Waals surface area contributed by atoms with Crippen molar-refractivity contribution >= 4 is 52.0 Å². The second kappa shape index (κ2) is 10.9. The van der Waals surface area contributed by atoms with E-state index in [0.29, 0.717) is 0 Å². The molecule has 0 unspecified atom stereocenters. The number of para-hydroxylation sites is 3. The van der Waals surface area contributed by atoms with Crippen molar-refractivity contribution < 1.29 is 4.39 Å². The monoisotopic (exact) mass is 524 g/mol. The molecule has 0 radical (unpaired) electrons. The number of rotatable bonds is 3. The molecule has 2 nitrogen and oxygen atoms in total. The summed E-state index contributed by atoms with van der Waals surface area (Å²) in [6.07, 6.45) is 4.14. The van der Waals surface area contributed by atoms with E-state index in [1.807, 2.05) is 63.2 Å². The smallest absolute Gasteiger partial charge is 0.127 e. The van der Waals surface area contributed by atoms with Crippen LogP contribution in [-0.2, 0) is 0 Å². The zero-order valence-corrected chi connectivity index (χ0v) is 23.0. The van der Waals surface area contributed by atoms with Gasteiger partial charge in [-0.15, -0.1) is 0 Å². The third-order valence-corrected chi connectivity index (χ3v) is 8.32. The van der Waals surface area contributed by atoms with E-state index in [0.717, 1.165) is 48.8 Å². The number of allylic oxidation sites excluding steroid dienone is 3. The van der Waals surface area contributed by atoms with Crippen LogP contribution in [0.5, 0.6) is 0 Å². The molecule has 0 saturated heterocycles. The number of nitrogens with zero attached hydrogens (tertiary/aromatic N) is 2. The van der Waals surface area contributed by atoms with Crippen LogP contribution < -0.4 is 9.80 Å². The molecule has 0 saturated carbocycles. The van der Waals surface area contributed by atoms with Gasteiger partial charge < -0.3 is 9.80 Å². The zero-order valence-electron chi connectivity index (χ0n) is 21.4. The summed E-state index contributed by atoms with van der Waals surface area (Å²) in [6, 6.07) is 30.3. The summed E-state index contributed by atoms with van der Waals surface area (Å²) in [5.41, 5.74) is 5.83. The zero-order chi connectivity index (χ0) is 25.9. The van der Waals surface area contributed by atoms with Crippen molar-refractivity contribution in [1.29, 1.82) is 0 Å². The lowest BCUT2D eigenvalue weighted by molar-refractivity contribution is 0.628. The number of halogens is 1. The van der Waals surface area contributed by atoms with E-state index < -0.39 is 0 Å². The van der Waals surface area contributed by atoms with Crippen LogP contribution in [0.4, 0.5) is 32.8 Å². The van der Waals surface area contributed by atoms with Crippen LogP contribution in [0.15, 0.2) is 128 Å². The van der Waals surface area contributed by atoms with Crippen LogP contribution in [0.1, 0.15) is 27.7 Å². The highest BCUT2D eigenvalue weighted by Crippen LogP contribution is 2.53. The Morgan fingerprint density at radius 2 is 1.11 bits per heavy atom. The maximum absolute atomic E-state index is 15.4. The number of fused-ring (bicyclic) bond motifs is 3. The SMILES string of the molecule is C/C=C\C1=C(C)Sc2ccccc2N1c1cc(F)cc(N2c3ccccc3Sc3ccccc32)c1.CC. The number of hydrogen-bond acceptors (Lipinski definition) is 4. The van der Waals surface area contributed by atoms with Crippen molar-refractivity contribution in [2.75, 3.05) is 9.80 Å². The molecule has 4 aromatic carbocycles. The molecule has 0 fully saturated rings. The average Bonchev–Trinajstić information content (AvgIpc) is 2.93. The Kier molecular flexibility index (Phi) is 7.45. The Morgan fingerprint density at radius 1 is 0.649 bits per heavy atom. The highest BCUT2D eigenvalue weighted by atomic mass is 32.2. The van der Waals surface area contributed by atoms with Crippen LogP contribution in [0.2, 0.25) is 0 Å². The topological polar surface area (TPSA) is 6.48 Å². The predicted octanol–water partition coefficient (Wildman–Crippen LogP) is 10.8. The molecule has 2 heterocycles. The van der Waals surface area contributed by atoms with Crippen LogP contribution >= 0.6 is 23.5 Å². The average molecular weight is 525 g/mol. The van der Waals surface area contributed by atoms with Crippen molar-refractivity contribution in [3.63, 3.8) is 0 Å². The minimum absolute atomic E-state index is 0.265. The molecule has 2 aliphatic rings. The molecule has 0 aliphatic carbocycles. The lowest BCUT2D eigenvalue weighted by atomic mass is 10.1. The van der Waals surface area contributed by atoms with E-state index in [-0.39, 0.29) is 5.82 Å². The Bertz CT molecular complexity index is 1460. The molecule has 0 N–H and O–H groups in total. The van der Waals surface area contributed by atoms with Crippen LogP contribution in [0.25, 0.3) is 0 Å². The first-order valence-electron chi connectivity index (χ1n) is 12.5. The van der Waals surface area contributed by atoms with Gasteiger partial charge >= 0.3 is 0 Å². The summed E-state index contributed by atoms with van der Waals surface area (Å²) in [5.74, 6) is -0.265. The van der Waals surface area contributed by atoms with Crippen LogP contribution in [-0.4, -0.2) is 0 Å². The third-order valence-electron chi connectivity index (χ3n) is 6.11. The Balaban J connectivity index is 0.00000137. The van der Waals surface area contributed by atoms with E-state index in [4.69, 9.17) is 0 Å². The quantitative estimate of drug-likeness (QED) is 0.231. The van der Waals surface area contributed by atoms with E-state index in [9.17, 15) is 0 Å². The fourth-order valence-corrected chi connectivity index (χ4v) is 6.72. The number of hydrogen-bond donors (Lipinski definition) is 0. The first-order chi connectivity index (χ1) is 18.1. The summed E-state index contributed by atoms with van der Waals surface area (Å²) >= 11 is 3.51. The number of anilines is 5. The maximum atomic E-state index is 15.4. The molecular formula is C32H29FN2S2. The molecule has 0 aromatic heterocycles. The summed E-state index contributed by atoms with van der Waals surface area (Å²) in [4.78, 5) is 8.99. The third kappa shape index (κ3) is 4.70. The first kappa shape index (κ1) is 25.2. The summed E-state index contributed by atoms with van der Waals surface area (Å²) in [5, 5.41) is 0. The van der Waals surface area contributed by atoms with Gasteiger partial charge in [-0.1, -0.05) is 79.8 Å². The first-order valence-corrected chi connectivity index (χ1v) is 14.1. The van der Waals surface area contributed by atoms with Crippen molar-refractivity contribution in [3.8, 4) is 0 Å². The van der Waals surface area contributed by atoms with Gasteiger partial charge in [-0.3, -0.25) is 0 Å². The minimum Gasteiger partial charge on any atom is -0.308 e.